The van der Waals surface area contributed by atoms with Gasteiger partial charge in [0.2, 0.25) is 5.28 Å². The minimum atomic E-state index is 0.281. The quantitative estimate of drug-likeness (QED) is 0.806. The number of nitrogens with zero attached hydrogens (tertiary/aromatic N) is 4. The number of aromatic amines is 1. The Labute approximate surface area is 111 Å². The molecule has 1 fully saturated rings. The molecule has 0 radical (unpaired) electrons. The van der Waals surface area contributed by atoms with E-state index in [2.05, 4.69) is 25.1 Å². The van der Waals surface area contributed by atoms with Crippen LogP contribution in [0.25, 0.3) is 11.0 Å². The number of rotatable bonds is 1. The van der Waals surface area contributed by atoms with Gasteiger partial charge in [-0.25, -0.2) is 0 Å². The van der Waals surface area contributed by atoms with Gasteiger partial charge in [-0.15, -0.1) is 0 Å². The van der Waals surface area contributed by atoms with Gasteiger partial charge in [-0.2, -0.15) is 15.1 Å². The van der Waals surface area contributed by atoms with Gasteiger partial charge < -0.3 is 4.90 Å². The van der Waals surface area contributed by atoms with Crippen molar-refractivity contribution in [1.29, 1.82) is 0 Å². The predicted molar refractivity (Wildman–Crippen MR) is 72.0 cm³/mol. The van der Waals surface area contributed by atoms with Crippen molar-refractivity contribution >= 4 is 28.5 Å². The number of hydrogen-bond donors (Lipinski definition) is 1. The average Bonchev–Trinajstić information content (AvgIpc) is 2.75. The first-order chi connectivity index (χ1) is 8.84. The molecule has 0 amide bonds. The van der Waals surface area contributed by atoms with Gasteiger partial charge >= 0.3 is 0 Å². The van der Waals surface area contributed by atoms with Gasteiger partial charge in [-0.1, -0.05) is 19.3 Å². The van der Waals surface area contributed by atoms with E-state index < -0.39 is 0 Å². The van der Waals surface area contributed by atoms with Crippen molar-refractivity contribution in [3.05, 3.63) is 11.5 Å². The van der Waals surface area contributed by atoms with E-state index in [1.807, 2.05) is 0 Å². The molecule has 5 nitrogen and oxygen atoms in total. The third kappa shape index (κ3) is 2.27. The van der Waals surface area contributed by atoms with Crippen molar-refractivity contribution < 1.29 is 0 Å². The van der Waals surface area contributed by atoms with Gasteiger partial charge in [0.05, 0.1) is 11.6 Å². The summed E-state index contributed by atoms with van der Waals surface area (Å²) in [5.41, 5.74) is 0.715. The van der Waals surface area contributed by atoms with E-state index in [0.29, 0.717) is 5.65 Å². The van der Waals surface area contributed by atoms with Crippen molar-refractivity contribution in [2.75, 3.05) is 18.0 Å². The molecule has 1 aliphatic rings. The summed E-state index contributed by atoms with van der Waals surface area (Å²) in [7, 11) is 0. The molecule has 3 heterocycles. The monoisotopic (exact) mass is 265 g/mol. The van der Waals surface area contributed by atoms with Crippen LogP contribution in [-0.4, -0.2) is 33.3 Å². The molecular formula is C12H16ClN5. The Morgan fingerprint density at radius 1 is 1.06 bits per heavy atom. The van der Waals surface area contributed by atoms with Gasteiger partial charge in [0.15, 0.2) is 5.65 Å². The molecule has 3 rings (SSSR count). The topological polar surface area (TPSA) is 57.7 Å². The summed E-state index contributed by atoms with van der Waals surface area (Å²) in [6.07, 6.45) is 8.13. The van der Waals surface area contributed by atoms with Crippen molar-refractivity contribution in [3.8, 4) is 0 Å². The van der Waals surface area contributed by atoms with E-state index in [1.54, 1.807) is 6.20 Å². The first-order valence-electron chi connectivity index (χ1n) is 6.46. The number of aromatic nitrogens is 4. The highest BCUT2D eigenvalue weighted by molar-refractivity contribution is 6.28. The number of nitrogens with one attached hydrogen (secondary N) is 1. The van der Waals surface area contributed by atoms with Crippen LogP contribution in [0.5, 0.6) is 0 Å². The SMILES string of the molecule is Clc1nc(N2CCCCCCC2)c2cn[nH]c2n1. The molecule has 96 valence electrons. The van der Waals surface area contributed by atoms with E-state index in [4.69, 9.17) is 11.6 Å². The lowest BCUT2D eigenvalue weighted by Gasteiger charge is -2.26. The Balaban J connectivity index is 1.98. The van der Waals surface area contributed by atoms with Crippen LogP contribution >= 0.6 is 11.6 Å². The highest BCUT2D eigenvalue weighted by Crippen LogP contribution is 2.25. The van der Waals surface area contributed by atoms with Crippen LogP contribution in [0.15, 0.2) is 6.20 Å². The molecule has 1 saturated heterocycles. The molecule has 2 aromatic heterocycles. The normalized spacial score (nSPS) is 17.7. The Hall–Kier alpha value is -1.36. The van der Waals surface area contributed by atoms with Crippen molar-refractivity contribution in [3.63, 3.8) is 0 Å². The third-order valence-corrected chi connectivity index (χ3v) is 3.59. The van der Waals surface area contributed by atoms with E-state index in [9.17, 15) is 0 Å². The van der Waals surface area contributed by atoms with Crippen LogP contribution < -0.4 is 4.90 Å². The summed E-state index contributed by atoms with van der Waals surface area (Å²) in [5.74, 6) is 0.917. The lowest BCUT2D eigenvalue weighted by atomic mass is 10.1. The molecule has 0 spiro atoms. The Morgan fingerprint density at radius 2 is 1.78 bits per heavy atom. The lowest BCUT2D eigenvalue weighted by molar-refractivity contribution is 0.554. The first-order valence-corrected chi connectivity index (χ1v) is 6.84. The molecule has 0 unspecified atom stereocenters. The second-order valence-corrected chi connectivity index (χ2v) is 5.04. The fourth-order valence-corrected chi connectivity index (χ4v) is 2.66. The summed E-state index contributed by atoms with van der Waals surface area (Å²) in [6, 6.07) is 0. The number of hydrogen-bond acceptors (Lipinski definition) is 4. The second-order valence-electron chi connectivity index (χ2n) is 4.70. The van der Waals surface area contributed by atoms with Gasteiger partial charge in [0, 0.05) is 13.1 Å². The van der Waals surface area contributed by atoms with Crippen LogP contribution in [0.2, 0.25) is 5.28 Å². The predicted octanol–water partition coefficient (Wildman–Crippen LogP) is 2.78. The summed E-state index contributed by atoms with van der Waals surface area (Å²) < 4.78 is 0. The molecule has 0 saturated carbocycles. The largest absolute Gasteiger partial charge is 0.356 e. The van der Waals surface area contributed by atoms with E-state index in [1.165, 1.54) is 32.1 Å². The standard InChI is InChI=1S/C12H16ClN5/c13-12-15-10-9(8-14-17-10)11(16-12)18-6-4-2-1-3-5-7-18/h8H,1-7H2,(H,14,15,16,17). The maximum atomic E-state index is 5.98. The van der Waals surface area contributed by atoms with Gasteiger partial charge in [0.1, 0.15) is 5.82 Å². The number of H-pyrrole nitrogens is 1. The molecule has 0 bridgehead atoms. The minimum absolute atomic E-state index is 0.281. The minimum Gasteiger partial charge on any atom is -0.356 e. The van der Waals surface area contributed by atoms with Crippen LogP contribution in [0.3, 0.4) is 0 Å². The zero-order valence-electron chi connectivity index (χ0n) is 10.2. The van der Waals surface area contributed by atoms with Crippen molar-refractivity contribution in [2.45, 2.75) is 32.1 Å². The third-order valence-electron chi connectivity index (χ3n) is 3.42. The van der Waals surface area contributed by atoms with Crippen molar-refractivity contribution in [1.82, 2.24) is 20.2 Å². The highest BCUT2D eigenvalue weighted by atomic mass is 35.5. The van der Waals surface area contributed by atoms with Gasteiger partial charge in [-0.3, -0.25) is 5.10 Å². The zero-order chi connectivity index (χ0) is 12.4. The molecule has 2 aromatic rings. The summed E-state index contributed by atoms with van der Waals surface area (Å²) in [6.45, 7) is 2.07. The molecule has 0 aromatic carbocycles. The number of halogens is 1. The van der Waals surface area contributed by atoms with Crippen molar-refractivity contribution in [2.24, 2.45) is 0 Å². The molecule has 1 N–H and O–H groups in total. The Morgan fingerprint density at radius 3 is 2.56 bits per heavy atom. The Bertz CT molecular complexity index is 530. The maximum absolute atomic E-state index is 5.98. The average molecular weight is 266 g/mol. The molecule has 18 heavy (non-hydrogen) atoms. The van der Waals surface area contributed by atoms with Crippen LogP contribution in [0.4, 0.5) is 5.82 Å². The first kappa shape index (κ1) is 11.7. The Kier molecular flexibility index (Phi) is 3.32. The zero-order valence-corrected chi connectivity index (χ0v) is 10.9. The summed E-state index contributed by atoms with van der Waals surface area (Å²) in [4.78, 5) is 10.8. The van der Waals surface area contributed by atoms with Crippen LogP contribution in [-0.2, 0) is 0 Å². The maximum Gasteiger partial charge on any atom is 0.226 e. The van der Waals surface area contributed by atoms with E-state index in [-0.39, 0.29) is 5.28 Å². The smallest absolute Gasteiger partial charge is 0.226 e. The lowest BCUT2D eigenvalue weighted by Crippen LogP contribution is -2.28. The summed E-state index contributed by atoms with van der Waals surface area (Å²) >= 11 is 5.98. The molecule has 0 aliphatic carbocycles. The fourth-order valence-electron chi connectivity index (χ4n) is 2.49. The van der Waals surface area contributed by atoms with Crippen LogP contribution in [0, 0.1) is 0 Å². The molecular weight excluding hydrogens is 250 g/mol. The highest BCUT2D eigenvalue weighted by Gasteiger charge is 2.16. The number of fused-ring (bicyclic) bond motifs is 1. The summed E-state index contributed by atoms with van der Waals surface area (Å²) in [5, 5.41) is 8.12. The van der Waals surface area contributed by atoms with Crippen LogP contribution in [0.1, 0.15) is 32.1 Å². The fraction of sp³-hybridized carbons (Fsp3) is 0.583. The van der Waals surface area contributed by atoms with Gasteiger partial charge in [0.25, 0.3) is 0 Å². The number of anilines is 1. The molecule has 1 aliphatic heterocycles. The van der Waals surface area contributed by atoms with E-state index >= 15 is 0 Å². The second kappa shape index (κ2) is 5.10. The molecule has 0 atom stereocenters. The van der Waals surface area contributed by atoms with Gasteiger partial charge in [-0.05, 0) is 24.4 Å². The van der Waals surface area contributed by atoms with E-state index in [0.717, 1.165) is 24.3 Å². The molecule has 6 heteroatoms.